The number of rotatable bonds is 3. The van der Waals surface area contributed by atoms with Gasteiger partial charge in [-0.2, -0.15) is 0 Å². The van der Waals surface area contributed by atoms with Gasteiger partial charge in [0.25, 0.3) is 0 Å². The quantitative estimate of drug-likeness (QED) is 0.555. The summed E-state index contributed by atoms with van der Waals surface area (Å²) in [5, 5.41) is 12.2. The number of fused-ring (bicyclic) bond motifs is 1. The fourth-order valence-corrected chi connectivity index (χ4v) is 4.28. The molecule has 0 atom stereocenters. The molecule has 5 nitrogen and oxygen atoms in total. The highest BCUT2D eigenvalue weighted by atomic mass is 16.3. The van der Waals surface area contributed by atoms with Crippen LogP contribution in [-0.4, -0.2) is 45.1 Å². The number of likely N-dealkylation sites (tertiary alicyclic amines) is 1. The molecule has 1 aliphatic heterocycles. The van der Waals surface area contributed by atoms with E-state index in [1.165, 1.54) is 0 Å². The van der Waals surface area contributed by atoms with Gasteiger partial charge in [0.05, 0.1) is 5.60 Å². The number of aromatic amines is 1. The van der Waals surface area contributed by atoms with Crippen LogP contribution in [0.1, 0.15) is 18.4 Å². The van der Waals surface area contributed by atoms with Crippen LogP contribution in [0.25, 0.3) is 33.3 Å². The zero-order valence-electron chi connectivity index (χ0n) is 16.5. The van der Waals surface area contributed by atoms with E-state index in [1.807, 2.05) is 24.7 Å². The number of pyridine rings is 2. The molecule has 5 heteroatoms. The minimum absolute atomic E-state index is 0.729. The van der Waals surface area contributed by atoms with Crippen molar-refractivity contribution in [2.24, 2.45) is 0 Å². The van der Waals surface area contributed by atoms with Crippen LogP contribution in [0.15, 0.2) is 67.3 Å². The first-order chi connectivity index (χ1) is 14.1. The van der Waals surface area contributed by atoms with Crippen LogP contribution >= 0.6 is 0 Å². The monoisotopic (exact) mass is 384 g/mol. The molecule has 0 saturated carbocycles. The molecule has 1 saturated heterocycles. The summed E-state index contributed by atoms with van der Waals surface area (Å²) in [7, 11) is 2.11. The Morgan fingerprint density at radius 1 is 0.966 bits per heavy atom. The molecule has 146 valence electrons. The third-order valence-corrected chi connectivity index (χ3v) is 6.09. The molecule has 1 fully saturated rings. The zero-order chi connectivity index (χ0) is 19.8. The number of nitrogens with zero attached hydrogens (tertiary/aromatic N) is 3. The van der Waals surface area contributed by atoms with E-state index in [1.54, 1.807) is 6.20 Å². The number of aliphatic hydroxyl groups is 1. The number of nitrogens with one attached hydrogen (secondary N) is 1. The lowest BCUT2D eigenvalue weighted by Gasteiger charge is -2.37. The average Bonchev–Trinajstić information content (AvgIpc) is 3.21. The Bertz CT molecular complexity index is 1130. The summed E-state index contributed by atoms with van der Waals surface area (Å²) in [5.74, 6) is 0. The molecule has 3 aromatic heterocycles. The fraction of sp³-hybridized carbons (Fsp3) is 0.250. The number of piperidine rings is 1. The standard InChI is InChI=1S/C24H24N4O/c1-28-13-9-24(29,10-14-28)19-6-4-17(5-7-19)20-8-12-26-23-22(20)21(16-27-23)18-3-2-11-25-15-18/h2-8,11-12,15-16,29H,9-10,13-14H2,1H3,(H,26,27). The van der Waals surface area contributed by atoms with Crippen molar-refractivity contribution >= 4 is 11.0 Å². The minimum atomic E-state index is -0.729. The van der Waals surface area contributed by atoms with E-state index in [0.717, 1.165) is 64.8 Å². The second-order valence-electron chi connectivity index (χ2n) is 7.94. The van der Waals surface area contributed by atoms with Crippen molar-refractivity contribution in [2.75, 3.05) is 20.1 Å². The van der Waals surface area contributed by atoms with Crippen LogP contribution in [0, 0.1) is 0 Å². The molecule has 5 rings (SSSR count). The topological polar surface area (TPSA) is 65.0 Å². The van der Waals surface area contributed by atoms with E-state index in [4.69, 9.17) is 0 Å². The van der Waals surface area contributed by atoms with Crippen LogP contribution in [-0.2, 0) is 5.60 Å². The Hall–Kier alpha value is -3.02. The highest BCUT2D eigenvalue weighted by Gasteiger charge is 2.32. The van der Waals surface area contributed by atoms with Crippen LogP contribution in [0.3, 0.4) is 0 Å². The Morgan fingerprint density at radius 3 is 2.48 bits per heavy atom. The SMILES string of the molecule is CN1CCC(O)(c2ccc(-c3ccnc4[nH]cc(-c5cccnc5)c34)cc2)CC1. The van der Waals surface area contributed by atoms with Crippen molar-refractivity contribution in [3.8, 4) is 22.3 Å². The predicted octanol–water partition coefficient (Wildman–Crippen LogP) is 4.21. The van der Waals surface area contributed by atoms with Crippen molar-refractivity contribution < 1.29 is 5.11 Å². The molecule has 0 amide bonds. The van der Waals surface area contributed by atoms with Crippen molar-refractivity contribution in [2.45, 2.75) is 18.4 Å². The summed E-state index contributed by atoms with van der Waals surface area (Å²) in [5.41, 5.74) is 5.52. The fourth-order valence-electron chi connectivity index (χ4n) is 4.28. The van der Waals surface area contributed by atoms with Gasteiger partial charge in [-0.1, -0.05) is 30.3 Å². The second kappa shape index (κ2) is 7.10. The summed E-state index contributed by atoms with van der Waals surface area (Å²) in [6, 6.07) is 14.4. The minimum Gasteiger partial charge on any atom is -0.385 e. The molecule has 0 aliphatic carbocycles. The normalized spacial score (nSPS) is 16.9. The van der Waals surface area contributed by atoms with Gasteiger partial charge in [-0.05, 0) is 48.7 Å². The summed E-state index contributed by atoms with van der Waals surface area (Å²) < 4.78 is 0. The molecule has 29 heavy (non-hydrogen) atoms. The molecule has 0 spiro atoms. The number of aromatic nitrogens is 3. The number of H-pyrrole nitrogens is 1. The molecule has 0 radical (unpaired) electrons. The van der Waals surface area contributed by atoms with Crippen LogP contribution in [0.4, 0.5) is 0 Å². The Morgan fingerprint density at radius 2 is 1.76 bits per heavy atom. The van der Waals surface area contributed by atoms with Gasteiger partial charge in [-0.3, -0.25) is 4.98 Å². The van der Waals surface area contributed by atoms with Gasteiger partial charge in [0, 0.05) is 54.4 Å². The molecule has 0 bridgehead atoms. The zero-order valence-corrected chi connectivity index (χ0v) is 16.5. The van der Waals surface area contributed by atoms with Gasteiger partial charge in [-0.25, -0.2) is 4.98 Å². The molecule has 1 aromatic carbocycles. The van der Waals surface area contributed by atoms with Crippen molar-refractivity contribution in [1.82, 2.24) is 19.9 Å². The number of hydrogen-bond donors (Lipinski definition) is 2. The first-order valence-electron chi connectivity index (χ1n) is 10.0. The first kappa shape index (κ1) is 18.0. The predicted molar refractivity (Wildman–Crippen MR) is 115 cm³/mol. The van der Waals surface area contributed by atoms with Crippen LogP contribution in [0.2, 0.25) is 0 Å². The maximum atomic E-state index is 11.1. The van der Waals surface area contributed by atoms with E-state index < -0.39 is 5.60 Å². The Balaban J connectivity index is 1.56. The molecule has 0 unspecified atom stereocenters. The molecule has 4 heterocycles. The lowest BCUT2D eigenvalue weighted by Crippen LogP contribution is -2.40. The van der Waals surface area contributed by atoms with Gasteiger partial charge in [-0.15, -0.1) is 0 Å². The average molecular weight is 384 g/mol. The molecule has 4 aromatic rings. The Labute approximate surface area is 170 Å². The van der Waals surface area contributed by atoms with Gasteiger partial charge < -0.3 is 15.0 Å². The number of hydrogen-bond acceptors (Lipinski definition) is 4. The molecular weight excluding hydrogens is 360 g/mol. The van der Waals surface area contributed by atoms with Gasteiger partial charge in [0.15, 0.2) is 0 Å². The van der Waals surface area contributed by atoms with Crippen molar-refractivity contribution in [1.29, 1.82) is 0 Å². The highest BCUT2D eigenvalue weighted by Crippen LogP contribution is 2.37. The van der Waals surface area contributed by atoms with Crippen molar-refractivity contribution in [3.63, 3.8) is 0 Å². The van der Waals surface area contributed by atoms with Gasteiger partial charge in [0.2, 0.25) is 0 Å². The lowest BCUT2D eigenvalue weighted by atomic mass is 9.84. The largest absolute Gasteiger partial charge is 0.385 e. The smallest absolute Gasteiger partial charge is 0.138 e. The van der Waals surface area contributed by atoms with E-state index in [2.05, 4.69) is 63.3 Å². The van der Waals surface area contributed by atoms with Gasteiger partial charge >= 0.3 is 0 Å². The van der Waals surface area contributed by atoms with E-state index >= 15 is 0 Å². The summed E-state index contributed by atoms with van der Waals surface area (Å²) in [4.78, 5) is 14.3. The highest BCUT2D eigenvalue weighted by molar-refractivity contribution is 6.03. The van der Waals surface area contributed by atoms with E-state index in [0.29, 0.717) is 0 Å². The summed E-state index contributed by atoms with van der Waals surface area (Å²) >= 11 is 0. The summed E-state index contributed by atoms with van der Waals surface area (Å²) in [6.07, 6.45) is 9.02. The Kier molecular flexibility index (Phi) is 4.42. The molecule has 2 N–H and O–H groups in total. The molecular formula is C24H24N4O. The molecule has 1 aliphatic rings. The lowest BCUT2D eigenvalue weighted by molar-refractivity contribution is -0.0203. The maximum absolute atomic E-state index is 11.1. The first-order valence-corrected chi connectivity index (χ1v) is 10.0. The van der Waals surface area contributed by atoms with Crippen LogP contribution in [0.5, 0.6) is 0 Å². The maximum Gasteiger partial charge on any atom is 0.138 e. The third-order valence-electron chi connectivity index (χ3n) is 6.09. The van der Waals surface area contributed by atoms with E-state index in [9.17, 15) is 5.11 Å². The van der Waals surface area contributed by atoms with Crippen molar-refractivity contribution in [3.05, 3.63) is 72.8 Å². The second-order valence-corrected chi connectivity index (χ2v) is 7.94. The van der Waals surface area contributed by atoms with E-state index in [-0.39, 0.29) is 0 Å². The summed E-state index contributed by atoms with van der Waals surface area (Å²) in [6.45, 7) is 1.84. The number of benzene rings is 1. The van der Waals surface area contributed by atoms with Crippen LogP contribution < -0.4 is 0 Å². The third kappa shape index (κ3) is 3.22. The van der Waals surface area contributed by atoms with Gasteiger partial charge in [0.1, 0.15) is 5.65 Å².